The molecule has 37 heavy (non-hydrogen) atoms. The van der Waals surface area contributed by atoms with Gasteiger partial charge in [-0.15, -0.1) is 11.3 Å². The number of thiazole rings is 1. The number of hydrogen-bond acceptors (Lipinski definition) is 7. The molecular formula is C27H28N6O3S. The Kier molecular flexibility index (Phi) is 6.11. The van der Waals surface area contributed by atoms with Gasteiger partial charge in [-0.3, -0.25) is 14.3 Å². The molecule has 0 bridgehead atoms. The summed E-state index contributed by atoms with van der Waals surface area (Å²) in [5.41, 5.74) is 3.42. The first kappa shape index (κ1) is 23.6. The zero-order chi connectivity index (χ0) is 25.5. The SMILES string of the molecule is Cc1onc(-c2ccccc2)c1C(=O)N1CCC(c2nc(C(=O)Nc3cc(C4CC4)nn3C)cs2)CC1. The number of nitrogens with zero attached hydrogens (tertiary/aromatic N) is 5. The van der Waals surface area contributed by atoms with Crippen molar-refractivity contribution in [3.8, 4) is 11.3 Å². The van der Waals surface area contributed by atoms with Crippen LogP contribution in [0.15, 0.2) is 46.3 Å². The number of aromatic nitrogens is 4. The predicted octanol–water partition coefficient (Wildman–Crippen LogP) is 4.99. The average Bonchev–Trinajstić information content (AvgIpc) is 3.34. The Morgan fingerprint density at radius 2 is 1.84 bits per heavy atom. The molecule has 9 nitrogen and oxygen atoms in total. The summed E-state index contributed by atoms with van der Waals surface area (Å²) >= 11 is 1.51. The summed E-state index contributed by atoms with van der Waals surface area (Å²) in [7, 11) is 1.84. The fourth-order valence-electron chi connectivity index (χ4n) is 4.85. The molecule has 2 amide bonds. The quantitative estimate of drug-likeness (QED) is 0.387. The number of anilines is 1. The molecular weight excluding hydrogens is 488 g/mol. The van der Waals surface area contributed by atoms with Crippen LogP contribution in [0.2, 0.25) is 0 Å². The molecule has 1 aromatic carbocycles. The number of rotatable bonds is 6. The van der Waals surface area contributed by atoms with Crippen LogP contribution in [-0.2, 0) is 7.05 Å². The number of benzene rings is 1. The van der Waals surface area contributed by atoms with Crippen molar-refractivity contribution in [3.05, 3.63) is 69.5 Å². The molecule has 0 atom stereocenters. The Hall–Kier alpha value is -3.79. The lowest BCUT2D eigenvalue weighted by Crippen LogP contribution is -2.38. The molecule has 3 aromatic heterocycles. The number of piperidine rings is 1. The molecule has 0 spiro atoms. The minimum absolute atomic E-state index is 0.0583. The normalized spacial score (nSPS) is 16.2. The van der Waals surface area contributed by atoms with E-state index in [1.165, 1.54) is 11.3 Å². The van der Waals surface area contributed by atoms with Gasteiger partial charge < -0.3 is 14.7 Å². The highest BCUT2D eigenvalue weighted by Gasteiger charge is 2.31. The first-order chi connectivity index (χ1) is 18.0. The first-order valence-corrected chi connectivity index (χ1v) is 13.5. The van der Waals surface area contributed by atoms with Gasteiger partial charge in [0.25, 0.3) is 11.8 Å². The maximum absolute atomic E-state index is 13.4. The summed E-state index contributed by atoms with van der Waals surface area (Å²) in [5, 5.41) is 14.4. The van der Waals surface area contributed by atoms with Crippen LogP contribution in [0.25, 0.3) is 11.3 Å². The number of aryl methyl sites for hydroxylation is 2. The molecule has 190 valence electrons. The smallest absolute Gasteiger partial charge is 0.276 e. The molecule has 4 aromatic rings. The third-order valence-corrected chi connectivity index (χ3v) is 8.15. The van der Waals surface area contributed by atoms with Gasteiger partial charge in [0.15, 0.2) is 0 Å². The van der Waals surface area contributed by atoms with Crippen LogP contribution in [0.1, 0.15) is 74.8 Å². The number of amides is 2. The van der Waals surface area contributed by atoms with E-state index in [4.69, 9.17) is 4.52 Å². The van der Waals surface area contributed by atoms with Crippen molar-refractivity contribution in [3.63, 3.8) is 0 Å². The Labute approximate surface area is 218 Å². The molecule has 10 heteroatoms. The van der Waals surface area contributed by atoms with E-state index in [2.05, 4.69) is 20.6 Å². The van der Waals surface area contributed by atoms with Gasteiger partial charge in [-0.2, -0.15) is 5.10 Å². The predicted molar refractivity (Wildman–Crippen MR) is 140 cm³/mol. The van der Waals surface area contributed by atoms with Gasteiger partial charge in [0.1, 0.15) is 28.5 Å². The molecule has 1 saturated carbocycles. The van der Waals surface area contributed by atoms with Crippen LogP contribution < -0.4 is 5.32 Å². The Balaban J connectivity index is 1.09. The summed E-state index contributed by atoms with van der Waals surface area (Å²) in [5.74, 6) is 1.67. The van der Waals surface area contributed by atoms with Crippen molar-refractivity contribution in [1.29, 1.82) is 0 Å². The largest absolute Gasteiger partial charge is 0.360 e. The second-order valence-electron chi connectivity index (χ2n) is 9.77. The number of nitrogens with one attached hydrogen (secondary N) is 1. The van der Waals surface area contributed by atoms with Crippen LogP contribution in [-0.4, -0.2) is 49.7 Å². The standard InChI is InChI=1S/C27H28N6O3S/c1-16-23(24(31-36-16)18-6-4-3-5-7-18)27(35)33-12-10-19(11-13-33)26-28-21(15-37-26)25(34)29-22-14-20(17-8-9-17)30-32(22)2/h3-7,14-15,17,19H,8-13H2,1-2H3,(H,29,34). The lowest BCUT2D eigenvalue weighted by atomic mass is 9.96. The van der Waals surface area contributed by atoms with Crippen molar-refractivity contribution in [2.45, 2.75) is 44.4 Å². The lowest BCUT2D eigenvalue weighted by molar-refractivity contribution is 0.0711. The molecule has 1 N–H and O–H groups in total. The molecule has 2 aliphatic rings. The summed E-state index contributed by atoms with van der Waals surface area (Å²) in [6, 6.07) is 11.6. The van der Waals surface area contributed by atoms with Crippen LogP contribution in [0.5, 0.6) is 0 Å². The van der Waals surface area contributed by atoms with Gasteiger partial charge >= 0.3 is 0 Å². The van der Waals surface area contributed by atoms with Crippen molar-refractivity contribution in [2.24, 2.45) is 7.05 Å². The van der Waals surface area contributed by atoms with Gasteiger partial charge in [-0.05, 0) is 32.6 Å². The van der Waals surface area contributed by atoms with Crippen molar-refractivity contribution in [1.82, 2.24) is 24.8 Å². The highest BCUT2D eigenvalue weighted by molar-refractivity contribution is 7.10. The maximum Gasteiger partial charge on any atom is 0.276 e. The fourth-order valence-corrected chi connectivity index (χ4v) is 5.82. The molecule has 1 saturated heterocycles. The summed E-state index contributed by atoms with van der Waals surface area (Å²) in [6.45, 7) is 3.00. The second-order valence-corrected chi connectivity index (χ2v) is 10.7. The van der Waals surface area contributed by atoms with Crippen LogP contribution >= 0.6 is 11.3 Å². The molecule has 2 fully saturated rings. The van der Waals surface area contributed by atoms with Gasteiger partial charge in [0.2, 0.25) is 0 Å². The lowest BCUT2D eigenvalue weighted by Gasteiger charge is -2.31. The summed E-state index contributed by atoms with van der Waals surface area (Å²) < 4.78 is 7.11. The molecule has 6 rings (SSSR count). The topological polar surface area (TPSA) is 106 Å². The number of carbonyl (C=O) groups is 2. The molecule has 0 unspecified atom stereocenters. The Morgan fingerprint density at radius 1 is 1.08 bits per heavy atom. The van der Waals surface area contributed by atoms with Gasteiger partial charge in [-0.1, -0.05) is 35.5 Å². The van der Waals surface area contributed by atoms with E-state index in [-0.39, 0.29) is 17.7 Å². The molecule has 1 aliphatic carbocycles. The highest BCUT2D eigenvalue weighted by Crippen LogP contribution is 2.40. The van der Waals surface area contributed by atoms with Crippen molar-refractivity contribution < 1.29 is 14.1 Å². The minimum atomic E-state index is -0.225. The molecule has 0 radical (unpaired) electrons. The van der Waals surface area contributed by atoms with E-state index < -0.39 is 0 Å². The number of likely N-dealkylation sites (tertiary alicyclic amines) is 1. The third kappa shape index (κ3) is 4.69. The molecule has 1 aliphatic heterocycles. The van der Waals surface area contributed by atoms with E-state index in [0.29, 0.717) is 47.5 Å². The fraction of sp³-hybridized carbons (Fsp3) is 0.370. The summed E-state index contributed by atoms with van der Waals surface area (Å²) in [6.07, 6.45) is 3.91. The summed E-state index contributed by atoms with van der Waals surface area (Å²) in [4.78, 5) is 32.8. The Bertz CT molecular complexity index is 1440. The van der Waals surface area contributed by atoms with Crippen molar-refractivity contribution in [2.75, 3.05) is 18.4 Å². The first-order valence-electron chi connectivity index (χ1n) is 12.6. The zero-order valence-corrected chi connectivity index (χ0v) is 21.6. The van der Waals surface area contributed by atoms with E-state index in [1.54, 1.807) is 11.6 Å². The zero-order valence-electron chi connectivity index (χ0n) is 20.8. The van der Waals surface area contributed by atoms with Crippen LogP contribution in [0.3, 0.4) is 0 Å². The van der Waals surface area contributed by atoms with Gasteiger partial charge in [0, 0.05) is 49.0 Å². The van der Waals surface area contributed by atoms with E-state index in [9.17, 15) is 9.59 Å². The van der Waals surface area contributed by atoms with Crippen molar-refractivity contribution >= 4 is 29.0 Å². The van der Waals surface area contributed by atoms with Gasteiger partial charge in [0.05, 0.1) is 10.7 Å². The van der Waals surface area contributed by atoms with Gasteiger partial charge in [-0.25, -0.2) is 4.98 Å². The van der Waals surface area contributed by atoms with E-state index >= 15 is 0 Å². The minimum Gasteiger partial charge on any atom is -0.360 e. The van der Waals surface area contributed by atoms with Crippen LogP contribution in [0.4, 0.5) is 5.82 Å². The average molecular weight is 517 g/mol. The number of hydrogen-bond donors (Lipinski definition) is 1. The monoisotopic (exact) mass is 516 g/mol. The number of carbonyl (C=O) groups excluding carboxylic acids is 2. The van der Waals surface area contributed by atoms with Crippen LogP contribution in [0, 0.1) is 6.92 Å². The molecule has 4 heterocycles. The third-order valence-electron chi connectivity index (χ3n) is 7.15. The highest BCUT2D eigenvalue weighted by atomic mass is 32.1. The van der Waals surface area contributed by atoms with E-state index in [1.807, 2.05) is 53.7 Å². The second kappa shape index (κ2) is 9.59. The Morgan fingerprint density at radius 3 is 2.57 bits per heavy atom. The maximum atomic E-state index is 13.4. The van der Waals surface area contributed by atoms with E-state index in [0.717, 1.165) is 41.9 Å².